The molecule has 3 rings (SSSR count). The van der Waals surface area contributed by atoms with Crippen LogP contribution in [-0.4, -0.2) is 16.9 Å². The lowest BCUT2D eigenvalue weighted by molar-refractivity contribution is 0.352. The van der Waals surface area contributed by atoms with Crippen molar-refractivity contribution in [3.63, 3.8) is 0 Å². The molecule has 1 aromatic carbocycles. The van der Waals surface area contributed by atoms with Crippen LogP contribution in [0.4, 0.5) is 0 Å². The second kappa shape index (κ2) is 3.92. The first kappa shape index (κ1) is 10.4. The van der Waals surface area contributed by atoms with Gasteiger partial charge in [-0.15, -0.1) is 20.6 Å². The summed E-state index contributed by atoms with van der Waals surface area (Å²) in [7, 11) is 4.84. The summed E-state index contributed by atoms with van der Waals surface area (Å²) in [5, 5.41) is 2.37. The molecule has 0 radical (unpaired) electrons. The van der Waals surface area contributed by atoms with Crippen molar-refractivity contribution in [2.24, 2.45) is 0 Å². The molecule has 0 bridgehead atoms. The Balaban J connectivity index is 1.97. The molecule has 1 aliphatic rings. The van der Waals surface area contributed by atoms with E-state index in [1.54, 1.807) is 0 Å². The van der Waals surface area contributed by atoms with E-state index in [4.69, 9.17) is 4.98 Å². The molecule has 0 saturated heterocycles. The molecule has 16 heavy (non-hydrogen) atoms. The molecule has 82 valence electrons. The van der Waals surface area contributed by atoms with Gasteiger partial charge >= 0.3 is 0 Å². The van der Waals surface area contributed by atoms with E-state index in [0.717, 1.165) is 18.1 Å². The van der Waals surface area contributed by atoms with Crippen molar-refractivity contribution in [1.29, 1.82) is 0 Å². The molecule has 2 heterocycles. The van der Waals surface area contributed by atoms with E-state index >= 15 is 0 Å². The lowest BCUT2D eigenvalue weighted by atomic mass is 10.2. The average molecular weight is 248 g/mol. The zero-order chi connectivity index (χ0) is 11.1. The number of fused-ring (bicyclic) bond motifs is 1. The van der Waals surface area contributed by atoms with Crippen LogP contribution in [0.1, 0.15) is 10.6 Å². The molecule has 2 nitrogen and oxygen atoms in total. The zero-order valence-electron chi connectivity index (χ0n) is 9.10. The highest BCUT2D eigenvalue weighted by Crippen LogP contribution is 2.32. The van der Waals surface area contributed by atoms with Gasteiger partial charge in [-0.25, -0.2) is 4.98 Å². The van der Waals surface area contributed by atoms with Gasteiger partial charge in [0.25, 0.3) is 0 Å². The standard InChI is InChI=1S/C12H13N2PS/c1-14-6-10-11(7-14)16-12(13-10)8-2-4-9(15)5-3-8/h2-5H,6-7,15H2,1H3. The van der Waals surface area contributed by atoms with Crippen molar-refractivity contribution >= 4 is 25.9 Å². The van der Waals surface area contributed by atoms with E-state index < -0.39 is 0 Å². The lowest BCUT2D eigenvalue weighted by Gasteiger charge is -2.04. The molecule has 1 atom stereocenters. The summed E-state index contributed by atoms with van der Waals surface area (Å²) in [6.07, 6.45) is 0. The number of benzene rings is 1. The maximum Gasteiger partial charge on any atom is 0.123 e. The van der Waals surface area contributed by atoms with Crippen LogP contribution >= 0.6 is 20.6 Å². The summed E-state index contributed by atoms with van der Waals surface area (Å²) in [5.74, 6) is 0. The molecular formula is C12H13N2PS. The molecule has 0 aliphatic carbocycles. The molecule has 4 heteroatoms. The molecule has 0 saturated carbocycles. The molecule has 2 aromatic rings. The Morgan fingerprint density at radius 1 is 1.25 bits per heavy atom. The fourth-order valence-electron chi connectivity index (χ4n) is 1.94. The second-order valence-electron chi connectivity index (χ2n) is 4.18. The Morgan fingerprint density at radius 3 is 2.69 bits per heavy atom. The minimum absolute atomic E-state index is 0.994. The summed E-state index contributed by atoms with van der Waals surface area (Å²) in [5.41, 5.74) is 2.49. The van der Waals surface area contributed by atoms with Crippen LogP contribution in [0.2, 0.25) is 0 Å². The monoisotopic (exact) mass is 248 g/mol. The minimum atomic E-state index is 0.994. The number of hydrogen-bond donors (Lipinski definition) is 0. The SMILES string of the molecule is CN1Cc2nc(-c3ccc(P)cc3)sc2C1. The van der Waals surface area contributed by atoms with Gasteiger partial charge in [0.15, 0.2) is 0 Å². The third-order valence-corrected chi connectivity index (χ3v) is 4.29. The van der Waals surface area contributed by atoms with E-state index in [9.17, 15) is 0 Å². The van der Waals surface area contributed by atoms with Crippen LogP contribution in [0.15, 0.2) is 24.3 Å². The Labute approximate surface area is 102 Å². The Kier molecular flexibility index (Phi) is 2.55. The van der Waals surface area contributed by atoms with Gasteiger partial charge < -0.3 is 0 Å². The van der Waals surface area contributed by atoms with Gasteiger partial charge in [0.2, 0.25) is 0 Å². The minimum Gasteiger partial charge on any atom is -0.295 e. The fourth-order valence-corrected chi connectivity index (χ4v) is 3.28. The fraction of sp³-hybridized carbons (Fsp3) is 0.250. The van der Waals surface area contributed by atoms with Crippen molar-refractivity contribution in [3.05, 3.63) is 34.8 Å². The van der Waals surface area contributed by atoms with Crippen LogP contribution < -0.4 is 5.30 Å². The van der Waals surface area contributed by atoms with Crippen molar-refractivity contribution in [2.45, 2.75) is 13.1 Å². The van der Waals surface area contributed by atoms with Crippen LogP contribution in [0.3, 0.4) is 0 Å². The van der Waals surface area contributed by atoms with E-state index in [1.807, 2.05) is 11.3 Å². The molecule has 1 aliphatic heterocycles. The van der Waals surface area contributed by atoms with Crippen LogP contribution in [-0.2, 0) is 13.1 Å². The first-order valence-electron chi connectivity index (χ1n) is 5.25. The van der Waals surface area contributed by atoms with Gasteiger partial charge in [-0.05, 0) is 12.4 Å². The number of thiazole rings is 1. The topological polar surface area (TPSA) is 16.1 Å². The quantitative estimate of drug-likeness (QED) is 0.720. The second-order valence-corrected chi connectivity index (χ2v) is 5.93. The number of rotatable bonds is 1. The van der Waals surface area contributed by atoms with E-state index in [1.165, 1.54) is 21.4 Å². The lowest BCUT2D eigenvalue weighted by Crippen LogP contribution is -2.08. The Bertz CT molecular complexity index is 495. The summed E-state index contributed by atoms with van der Waals surface area (Å²) in [6, 6.07) is 8.50. The van der Waals surface area contributed by atoms with Gasteiger partial charge in [0, 0.05) is 23.5 Å². The highest BCUT2D eigenvalue weighted by Gasteiger charge is 2.20. The maximum atomic E-state index is 4.71. The molecule has 1 aromatic heterocycles. The summed E-state index contributed by atoms with van der Waals surface area (Å²) in [6.45, 7) is 2.04. The highest BCUT2D eigenvalue weighted by atomic mass is 32.1. The maximum absolute atomic E-state index is 4.71. The Morgan fingerprint density at radius 2 is 2.00 bits per heavy atom. The van der Waals surface area contributed by atoms with Crippen LogP contribution in [0.5, 0.6) is 0 Å². The third-order valence-electron chi connectivity index (χ3n) is 2.77. The first-order chi connectivity index (χ1) is 7.72. The van der Waals surface area contributed by atoms with Gasteiger partial charge in [-0.3, -0.25) is 4.90 Å². The zero-order valence-corrected chi connectivity index (χ0v) is 11.1. The smallest absolute Gasteiger partial charge is 0.123 e. The van der Waals surface area contributed by atoms with Gasteiger partial charge in [0.05, 0.1) is 5.69 Å². The molecule has 0 amide bonds. The highest BCUT2D eigenvalue weighted by molar-refractivity contribution is 7.27. The largest absolute Gasteiger partial charge is 0.295 e. The number of aromatic nitrogens is 1. The molecule has 0 N–H and O–H groups in total. The van der Waals surface area contributed by atoms with Crippen LogP contribution in [0.25, 0.3) is 10.6 Å². The molecular weight excluding hydrogens is 235 g/mol. The Hall–Kier alpha value is -0.760. The summed E-state index contributed by atoms with van der Waals surface area (Å²) >= 11 is 1.83. The van der Waals surface area contributed by atoms with Crippen molar-refractivity contribution in [3.8, 4) is 10.6 Å². The third kappa shape index (κ3) is 1.80. The summed E-state index contributed by atoms with van der Waals surface area (Å²) in [4.78, 5) is 8.43. The van der Waals surface area contributed by atoms with Crippen LogP contribution in [0, 0.1) is 0 Å². The van der Waals surface area contributed by atoms with Crippen molar-refractivity contribution in [1.82, 2.24) is 9.88 Å². The normalized spacial score (nSPS) is 15.4. The molecule has 0 fully saturated rings. The molecule has 1 unspecified atom stereocenters. The van der Waals surface area contributed by atoms with E-state index in [0.29, 0.717) is 0 Å². The van der Waals surface area contributed by atoms with E-state index in [-0.39, 0.29) is 0 Å². The predicted molar refractivity (Wildman–Crippen MR) is 72.1 cm³/mol. The van der Waals surface area contributed by atoms with Gasteiger partial charge in [-0.1, -0.05) is 24.3 Å². The van der Waals surface area contributed by atoms with Gasteiger partial charge in [-0.2, -0.15) is 0 Å². The predicted octanol–water partition coefficient (Wildman–Crippen LogP) is 2.26. The first-order valence-corrected chi connectivity index (χ1v) is 6.65. The van der Waals surface area contributed by atoms with E-state index in [2.05, 4.69) is 45.5 Å². The average Bonchev–Trinajstić information content (AvgIpc) is 2.75. The van der Waals surface area contributed by atoms with Crippen molar-refractivity contribution in [2.75, 3.05) is 7.05 Å². The molecule has 0 spiro atoms. The number of hydrogen-bond acceptors (Lipinski definition) is 3. The van der Waals surface area contributed by atoms with Crippen molar-refractivity contribution < 1.29 is 0 Å². The van der Waals surface area contributed by atoms with Gasteiger partial charge in [0.1, 0.15) is 5.01 Å². The summed E-state index contributed by atoms with van der Waals surface area (Å²) < 4.78 is 0. The number of nitrogens with zero attached hydrogens (tertiary/aromatic N) is 2.